The fourth-order valence-electron chi connectivity index (χ4n) is 3.34. The zero-order valence-corrected chi connectivity index (χ0v) is 25.4. The van der Waals surface area contributed by atoms with Gasteiger partial charge in [0, 0.05) is 10.0 Å². The fraction of sp³-hybridized carbons (Fsp3) is 0.269. The third-order valence-corrected chi connectivity index (χ3v) is 8.33. The van der Waals surface area contributed by atoms with Crippen LogP contribution in [0.25, 0.3) is 0 Å². The number of benzene rings is 3. The molecule has 0 bridgehead atoms. The maximum atomic E-state index is 15.5. The summed E-state index contributed by atoms with van der Waals surface area (Å²) in [5.41, 5.74) is 1.37. The van der Waals surface area contributed by atoms with Gasteiger partial charge in [-0.2, -0.15) is 8.42 Å². The molecule has 216 valence electrons. The molecule has 3 aromatic rings. The Morgan fingerprint density at radius 1 is 0.850 bits per heavy atom. The van der Waals surface area contributed by atoms with Gasteiger partial charge in [-0.25, -0.2) is 4.39 Å². The monoisotopic (exact) mass is 671 g/mol. The maximum absolute atomic E-state index is 15.5. The summed E-state index contributed by atoms with van der Waals surface area (Å²) < 4.78 is 59.1. The van der Waals surface area contributed by atoms with Crippen LogP contribution >= 0.6 is 58.0 Å². The Bertz CT molecular complexity index is 1390. The summed E-state index contributed by atoms with van der Waals surface area (Å²) in [6.45, 7) is -0.487. The highest BCUT2D eigenvalue weighted by molar-refractivity contribution is 7.87. The van der Waals surface area contributed by atoms with Crippen LogP contribution in [0, 0.1) is 0 Å². The van der Waals surface area contributed by atoms with E-state index in [4.69, 9.17) is 71.7 Å². The summed E-state index contributed by atoms with van der Waals surface area (Å²) in [7, 11) is -3.40. The van der Waals surface area contributed by atoms with Crippen LogP contribution in [-0.2, 0) is 41.8 Å². The molecular weight excluding hydrogens is 651 g/mol. The Morgan fingerprint density at radius 3 is 1.98 bits per heavy atom. The molecule has 0 saturated heterocycles. The van der Waals surface area contributed by atoms with Gasteiger partial charge in [-0.15, -0.1) is 0 Å². The van der Waals surface area contributed by atoms with E-state index in [0.717, 1.165) is 23.9 Å². The van der Waals surface area contributed by atoms with Gasteiger partial charge in [-0.3, -0.25) is 4.18 Å². The minimum atomic E-state index is -4.63. The molecule has 3 atom stereocenters. The van der Waals surface area contributed by atoms with Crippen LogP contribution in [0.1, 0.15) is 11.1 Å². The topological polar surface area (TPSA) is 83.4 Å². The molecule has 7 nitrogen and oxygen atoms in total. The molecule has 3 unspecified atom stereocenters. The molecule has 0 aliphatic heterocycles. The van der Waals surface area contributed by atoms with Crippen molar-refractivity contribution in [2.75, 3.05) is 13.7 Å². The molecule has 3 aromatic carbocycles. The first-order chi connectivity index (χ1) is 19.0. The standard InChI is InChI=1S/C26H23Cl5FNO6S/c1-36-33-12-23(32)26(38-14-17-4-8-19(28)9-5-17)24(15-37-13-16-2-6-18(27)7-3-16)39-40(34,35)25-11-21(30)20(29)10-22(25)31/h2-12,23-24,26H,13-15H2,1H3. The summed E-state index contributed by atoms with van der Waals surface area (Å²) >= 11 is 30.0. The van der Waals surface area contributed by atoms with Gasteiger partial charge in [0.2, 0.25) is 0 Å². The lowest BCUT2D eigenvalue weighted by Gasteiger charge is -2.28. The highest BCUT2D eigenvalue weighted by Gasteiger charge is 2.36. The molecule has 0 amide bonds. The van der Waals surface area contributed by atoms with Gasteiger partial charge < -0.3 is 14.3 Å². The number of halogens is 6. The van der Waals surface area contributed by atoms with Crippen LogP contribution in [0.15, 0.2) is 70.7 Å². The fourth-order valence-corrected chi connectivity index (χ4v) is 5.64. The Morgan fingerprint density at radius 2 is 1.40 bits per heavy atom. The number of alkyl halides is 1. The molecule has 0 radical (unpaired) electrons. The van der Waals surface area contributed by atoms with Crippen molar-refractivity contribution in [1.29, 1.82) is 0 Å². The van der Waals surface area contributed by atoms with Gasteiger partial charge in [0.15, 0.2) is 6.17 Å². The molecule has 0 aliphatic rings. The third-order valence-electron chi connectivity index (χ3n) is 5.30. The molecule has 0 heterocycles. The molecule has 3 rings (SSSR count). The van der Waals surface area contributed by atoms with Gasteiger partial charge >= 0.3 is 0 Å². The summed E-state index contributed by atoms with van der Waals surface area (Å²) in [5, 5.41) is 4.21. The van der Waals surface area contributed by atoms with Crippen LogP contribution in [0.5, 0.6) is 0 Å². The average Bonchev–Trinajstić information content (AvgIpc) is 2.91. The van der Waals surface area contributed by atoms with E-state index < -0.39 is 40.0 Å². The SMILES string of the molecule is CON=CC(F)C(OCc1ccc(Cl)cc1)C(COCc1ccc(Cl)cc1)OS(=O)(=O)c1cc(Cl)c(Cl)cc1Cl. The van der Waals surface area contributed by atoms with E-state index in [1.165, 1.54) is 7.11 Å². The van der Waals surface area contributed by atoms with E-state index in [2.05, 4.69) is 9.99 Å². The van der Waals surface area contributed by atoms with Crippen LogP contribution in [-0.4, -0.2) is 46.7 Å². The Balaban J connectivity index is 1.92. The van der Waals surface area contributed by atoms with E-state index in [0.29, 0.717) is 15.6 Å². The molecule has 40 heavy (non-hydrogen) atoms. The van der Waals surface area contributed by atoms with Gasteiger partial charge in [0.05, 0.1) is 41.1 Å². The number of ether oxygens (including phenoxy) is 2. The molecular formula is C26H23Cl5FNO6S. The molecule has 0 aliphatic carbocycles. The van der Waals surface area contributed by atoms with E-state index in [1.807, 2.05) is 0 Å². The minimum Gasteiger partial charge on any atom is -0.399 e. The molecule has 0 N–H and O–H groups in total. The highest BCUT2D eigenvalue weighted by atomic mass is 35.5. The zero-order valence-electron chi connectivity index (χ0n) is 20.8. The van der Waals surface area contributed by atoms with Crippen molar-refractivity contribution >= 4 is 74.3 Å². The van der Waals surface area contributed by atoms with Crippen LogP contribution in [0.3, 0.4) is 0 Å². The Hall–Kier alpha value is -1.66. The quantitative estimate of drug-likeness (QED) is 0.0752. The molecule has 0 saturated carbocycles. The van der Waals surface area contributed by atoms with Crippen LogP contribution in [0.2, 0.25) is 25.1 Å². The summed E-state index contributed by atoms with van der Waals surface area (Å²) in [6.07, 6.45) is -4.21. The first-order valence-corrected chi connectivity index (χ1v) is 14.8. The van der Waals surface area contributed by atoms with Crippen molar-refractivity contribution in [3.8, 4) is 0 Å². The first kappa shape index (κ1) is 32.8. The van der Waals surface area contributed by atoms with Crippen molar-refractivity contribution in [2.45, 2.75) is 36.5 Å². The van der Waals surface area contributed by atoms with Crippen molar-refractivity contribution in [2.24, 2.45) is 5.16 Å². The summed E-state index contributed by atoms with van der Waals surface area (Å²) in [5.74, 6) is 0. The normalized spacial score (nSPS) is 14.3. The number of hydrogen-bond acceptors (Lipinski definition) is 7. The first-order valence-electron chi connectivity index (χ1n) is 11.5. The predicted octanol–water partition coefficient (Wildman–Crippen LogP) is 7.80. The molecule has 0 aromatic heterocycles. The third kappa shape index (κ3) is 9.72. The Labute approximate surface area is 256 Å². The van der Waals surface area contributed by atoms with Gasteiger partial charge in [0.25, 0.3) is 10.1 Å². The predicted molar refractivity (Wildman–Crippen MR) is 155 cm³/mol. The number of rotatable bonds is 14. The van der Waals surface area contributed by atoms with Crippen molar-refractivity contribution in [3.63, 3.8) is 0 Å². The largest absolute Gasteiger partial charge is 0.399 e. The lowest BCUT2D eigenvalue weighted by atomic mass is 10.1. The zero-order chi connectivity index (χ0) is 29.3. The minimum absolute atomic E-state index is 0.0391. The van der Waals surface area contributed by atoms with Gasteiger partial charge in [-0.1, -0.05) is 87.4 Å². The van der Waals surface area contributed by atoms with Crippen molar-refractivity contribution in [3.05, 3.63) is 96.9 Å². The van der Waals surface area contributed by atoms with Crippen LogP contribution < -0.4 is 0 Å². The van der Waals surface area contributed by atoms with Crippen molar-refractivity contribution < 1.29 is 31.3 Å². The second-order valence-electron chi connectivity index (χ2n) is 8.21. The molecule has 14 heteroatoms. The van der Waals surface area contributed by atoms with Crippen LogP contribution in [0.4, 0.5) is 4.39 Å². The molecule has 0 fully saturated rings. The van der Waals surface area contributed by atoms with Gasteiger partial charge in [0.1, 0.15) is 24.2 Å². The number of nitrogens with zero attached hydrogens (tertiary/aromatic N) is 1. The van der Waals surface area contributed by atoms with E-state index in [-0.39, 0.29) is 28.3 Å². The van der Waals surface area contributed by atoms with Gasteiger partial charge in [-0.05, 0) is 47.5 Å². The lowest BCUT2D eigenvalue weighted by molar-refractivity contribution is -0.0854. The second kappa shape index (κ2) is 15.5. The average molecular weight is 674 g/mol. The van der Waals surface area contributed by atoms with E-state index >= 15 is 4.39 Å². The van der Waals surface area contributed by atoms with Crippen molar-refractivity contribution in [1.82, 2.24) is 0 Å². The Kier molecular flexibility index (Phi) is 12.8. The number of hydrogen-bond donors (Lipinski definition) is 0. The summed E-state index contributed by atoms with van der Waals surface area (Å²) in [6, 6.07) is 15.6. The second-order valence-corrected chi connectivity index (χ2v) is 11.8. The van der Waals surface area contributed by atoms with E-state index in [9.17, 15) is 8.42 Å². The van der Waals surface area contributed by atoms with E-state index in [1.54, 1.807) is 48.5 Å². The summed E-state index contributed by atoms with van der Waals surface area (Å²) in [4.78, 5) is 4.12. The smallest absolute Gasteiger partial charge is 0.298 e. The lowest BCUT2D eigenvalue weighted by Crippen LogP contribution is -2.44. The molecule has 0 spiro atoms. The number of oxime groups is 1. The highest BCUT2D eigenvalue weighted by Crippen LogP contribution is 2.33. The maximum Gasteiger partial charge on any atom is 0.298 e.